The number of anilines is 1. The summed E-state index contributed by atoms with van der Waals surface area (Å²) in [6, 6.07) is 15.0. The van der Waals surface area contributed by atoms with Crippen molar-refractivity contribution >= 4 is 17.2 Å². The van der Waals surface area contributed by atoms with E-state index < -0.39 is 0 Å². The molecule has 4 aromatic rings. The Bertz CT molecular complexity index is 1320. The van der Waals surface area contributed by atoms with Crippen LogP contribution in [0.15, 0.2) is 65.7 Å². The molecule has 0 aliphatic carbocycles. The highest BCUT2D eigenvalue weighted by atomic mass is 16.5. The van der Waals surface area contributed by atoms with E-state index in [1.165, 1.54) is 4.57 Å². The van der Waals surface area contributed by atoms with Gasteiger partial charge in [-0.3, -0.25) is 18.6 Å². The largest absolute Gasteiger partial charge is 0.494 e. The zero-order valence-corrected chi connectivity index (χ0v) is 19.0. The SMILES string of the molecule is CCOc1ccc(-n2ccn3c(C[C@@H](C)CC(=O)Nc4cccc(C)c4)nnc3c2=O)cc1. The molecule has 0 aliphatic rings. The van der Waals surface area contributed by atoms with Crippen LogP contribution in [0.1, 0.15) is 31.7 Å². The first-order valence-electron chi connectivity index (χ1n) is 11.0. The first-order valence-corrected chi connectivity index (χ1v) is 11.0. The van der Waals surface area contributed by atoms with Gasteiger partial charge in [0.25, 0.3) is 0 Å². The van der Waals surface area contributed by atoms with E-state index in [0.29, 0.717) is 25.3 Å². The quantitative estimate of drug-likeness (QED) is 0.446. The maximum Gasteiger partial charge on any atom is 0.300 e. The lowest BCUT2D eigenvalue weighted by Gasteiger charge is -2.12. The van der Waals surface area contributed by atoms with Crippen LogP contribution in [-0.4, -0.2) is 31.7 Å². The monoisotopic (exact) mass is 445 g/mol. The second kappa shape index (κ2) is 9.68. The zero-order chi connectivity index (χ0) is 23.4. The molecule has 0 fully saturated rings. The van der Waals surface area contributed by atoms with Gasteiger partial charge in [0.2, 0.25) is 11.6 Å². The van der Waals surface area contributed by atoms with Crippen LogP contribution in [0.3, 0.4) is 0 Å². The van der Waals surface area contributed by atoms with Crippen molar-refractivity contribution in [3.8, 4) is 11.4 Å². The minimum atomic E-state index is -0.259. The number of rotatable bonds is 8. The van der Waals surface area contributed by atoms with Crippen LogP contribution in [0, 0.1) is 12.8 Å². The predicted molar refractivity (Wildman–Crippen MR) is 127 cm³/mol. The molecule has 8 heteroatoms. The fourth-order valence-electron chi connectivity index (χ4n) is 3.78. The average molecular weight is 446 g/mol. The van der Waals surface area contributed by atoms with Gasteiger partial charge >= 0.3 is 5.56 Å². The minimum Gasteiger partial charge on any atom is -0.494 e. The van der Waals surface area contributed by atoms with Crippen LogP contribution in [0.5, 0.6) is 5.75 Å². The Hall–Kier alpha value is -3.94. The Kier molecular flexibility index (Phi) is 6.53. The average Bonchev–Trinajstić information content (AvgIpc) is 3.18. The Morgan fingerprint density at radius 1 is 1.12 bits per heavy atom. The summed E-state index contributed by atoms with van der Waals surface area (Å²) in [6.07, 6.45) is 4.34. The summed E-state index contributed by atoms with van der Waals surface area (Å²) < 4.78 is 8.69. The molecule has 2 aromatic heterocycles. The van der Waals surface area contributed by atoms with Gasteiger partial charge in [-0.15, -0.1) is 10.2 Å². The second-order valence-corrected chi connectivity index (χ2v) is 8.14. The maximum atomic E-state index is 13.0. The number of amides is 1. The molecule has 2 aromatic carbocycles. The number of benzene rings is 2. The van der Waals surface area contributed by atoms with Crippen LogP contribution < -0.4 is 15.6 Å². The molecule has 2 heterocycles. The van der Waals surface area contributed by atoms with Gasteiger partial charge in [0.15, 0.2) is 0 Å². The van der Waals surface area contributed by atoms with Crippen molar-refractivity contribution in [3.63, 3.8) is 0 Å². The van der Waals surface area contributed by atoms with Crippen molar-refractivity contribution in [2.24, 2.45) is 5.92 Å². The van der Waals surface area contributed by atoms with E-state index in [2.05, 4.69) is 15.5 Å². The predicted octanol–water partition coefficient (Wildman–Crippen LogP) is 3.79. The molecule has 0 unspecified atom stereocenters. The smallest absolute Gasteiger partial charge is 0.300 e. The lowest BCUT2D eigenvalue weighted by molar-refractivity contribution is -0.116. The third-order valence-electron chi connectivity index (χ3n) is 5.33. The molecule has 0 saturated heterocycles. The van der Waals surface area contributed by atoms with Gasteiger partial charge in [-0.05, 0) is 61.7 Å². The standard InChI is InChI=1S/C25H27N5O3/c1-4-33-21-10-8-20(9-11-21)29-12-13-30-22(27-28-24(30)25(29)32)15-18(3)16-23(31)26-19-7-5-6-17(2)14-19/h5-14,18H,4,15-16H2,1-3H3,(H,26,31)/t18-/m1/s1. The van der Waals surface area contributed by atoms with Gasteiger partial charge in [0, 0.05) is 36.6 Å². The van der Waals surface area contributed by atoms with Crippen molar-refractivity contribution < 1.29 is 9.53 Å². The van der Waals surface area contributed by atoms with Crippen LogP contribution in [0.4, 0.5) is 5.69 Å². The Labute approximate surface area is 191 Å². The number of aryl methyl sites for hydroxylation is 1. The normalized spacial score (nSPS) is 12.0. The summed E-state index contributed by atoms with van der Waals surface area (Å²) in [5.74, 6) is 1.37. The third kappa shape index (κ3) is 5.11. The van der Waals surface area contributed by atoms with Crippen molar-refractivity contribution in [3.05, 3.63) is 82.7 Å². The highest BCUT2D eigenvalue weighted by molar-refractivity contribution is 5.90. The number of nitrogens with zero attached hydrogens (tertiary/aromatic N) is 4. The van der Waals surface area contributed by atoms with Crippen LogP contribution in [-0.2, 0) is 11.2 Å². The van der Waals surface area contributed by atoms with E-state index in [1.54, 1.807) is 16.8 Å². The molecule has 4 rings (SSSR count). The molecular weight excluding hydrogens is 418 g/mol. The second-order valence-electron chi connectivity index (χ2n) is 8.14. The van der Waals surface area contributed by atoms with E-state index in [9.17, 15) is 9.59 Å². The molecule has 0 radical (unpaired) electrons. The molecule has 0 spiro atoms. The van der Waals surface area contributed by atoms with Gasteiger partial charge in [0.05, 0.1) is 6.61 Å². The topological polar surface area (TPSA) is 90.5 Å². The number of carbonyl (C=O) groups excluding carboxylic acids is 1. The fraction of sp³-hybridized carbons (Fsp3) is 0.280. The summed E-state index contributed by atoms with van der Waals surface area (Å²) in [6.45, 7) is 6.48. The molecule has 33 heavy (non-hydrogen) atoms. The molecule has 1 atom stereocenters. The first kappa shape index (κ1) is 22.3. The van der Waals surface area contributed by atoms with E-state index in [4.69, 9.17) is 4.74 Å². The van der Waals surface area contributed by atoms with E-state index in [1.807, 2.05) is 69.3 Å². The third-order valence-corrected chi connectivity index (χ3v) is 5.33. The molecular formula is C25H27N5O3. The summed E-state index contributed by atoms with van der Waals surface area (Å²) in [4.78, 5) is 25.4. The van der Waals surface area contributed by atoms with E-state index in [0.717, 1.165) is 22.7 Å². The molecule has 8 nitrogen and oxygen atoms in total. The molecule has 1 N–H and O–H groups in total. The molecule has 0 saturated carbocycles. The number of carbonyl (C=O) groups is 1. The Balaban J connectivity index is 1.47. The minimum absolute atomic E-state index is 0.0238. The maximum absolute atomic E-state index is 13.0. The first-order chi connectivity index (χ1) is 15.9. The highest BCUT2D eigenvalue weighted by Crippen LogP contribution is 2.16. The fourth-order valence-corrected chi connectivity index (χ4v) is 3.78. The number of nitrogens with one attached hydrogen (secondary N) is 1. The van der Waals surface area contributed by atoms with Crippen molar-refractivity contribution in [1.29, 1.82) is 0 Å². The number of aromatic nitrogens is 4. The molecule has 1 amide bonds. The van der Waals surface area contributed by atoms with E-state index in [-0.39, 0.29) is 23.0 Å². The van der Waals surface area contributed by atoms with Gasteiger partial charge < -0.3 is 10.1 Å². The van der Waals surface area contributed by atoms with Crippen LogP contribution >= 0.6 is 0 Å². The van der Waals surface area contributed by atoms with Crippen molar-refractivity contribution in [1.82, 2.24) is 19.2 Å². The summed E-state index contributed by atoms with van der Waals surface area (Å²) in [5, 5.41) is 11.3. The summed E-state index contributed by atoms with van der Waals surface area (Å²) >= 11 is 0. The lowest BCUT2D eigenvalue weighted by Crippen LogP contribution is -2.21. The van der Waals surface area contributed by atoms with Gasteiger partial charge in [-0.1, -0.05) is 19.1 Å². The van der Waals surface area contributed by atoms with Gasteiger partial charge in [0.1, 0.15) is 11.6 Å². The van der Waals surface area contributed by atoms with Crippen molar-refractivity contribution in [2.75, 3.05) is 11.9 Å². The molecule has 0 bridgehead atoms. The number of hydrogen-bond acceptors (Lipinski definition) is 5. The van der Waals surface area contributed by atoms with Crippen LogP contribution in [0.2, 0.25) is 0 Å². The Morgan fingerprint density at radius 2 is 1.91 bits per heavy atom. The summed E-state index contributed by atoms with van der Waals surface area (Å²) in [5.41, 5.74) is 2.58. The molecule has 170 valence electrons. The summed E-state index contributed by atoms with van der Waals surface area (Å²) in [7, 11) is 0. The van der Waals surface area contributed by atoms with Gasteiger partial charge in [-0.25, -0.2) is 0 Å². The lowest BCUT2D eigenvalue weighted by atomic mass is 10.0. The number of fused-ring (bicyclic) bond motifs is 1. The van der Waals surface area contributed by atoms with Crippen LogP contribution in [0.25, 0.3) is 11.3 Å². The number of hydrogen-bond donors (Lipinski definition) is 1. The van der Waals surface area contributed by atoms with Gasteiger partial charge in [-0.2, -0.15) is 0 Å². The van der Waals surface area contributed by atoms with Crippen molar-refractivity contribution in [2.45, 2.75) is 33.6 Å². The van der Waals surface area contributed by atoms with E-state index >= 15 is 0 Å². The molecule has 0 aliphatic heterocycles. The zero-order valence-electron chi connectivity index (χ0n) is 19.0. The highest BCUT2D eigenvalue weighted by Gasteiger charge is 2.16. The Morgan fingerprint density at radius 3 is 2.64 bits per heavy atom. The number of ether oxygens (including phenoxy) is 1.